The van der Waals surface area contributed by atoms with Gasteiger partial charge < -0.3 is 10.6 Å². The number of sulfonamides is 1. The molecule has 7 heteroatoms. The van der Waals surface area contributed by atoms with Crippen LogP contribution in [0.5, 0.6) is 0 Å². The van der Waals surface area contributed by atoms with Gasteiger partial charge in [-0.1, -0.05) is 12.5 Å². The van der Waals surface area contributed by atoms with Gasteiger partial charge in [0, 0.05) is 38.1 Å². The summed E-state index contributed by atoms with van der Waals surface area (Å²) in [4.78, 5) is 14.9. The van der Waals surface area contributed by atoms with Crippen LogP contribution in [0.2, 0.25) is 0 Å². The number of nitrogens with zero attached hydrogens (tertiary/aromatic N) is 2. The molecule has 26 heavy (non-hydrogen) atoms. The monoisotopic (exact) mass is 379 g/mol. The van der Waals surface area contributed by atoms with Crippen molar-refractivity contribution in [2.24, 2.45) is 11.7 Å². The first-order valence-corrected chi connectivity index (χ1v) is 10.8. The van der Waals surface area contributed by atoms with Crippen molar-refractivity contribution in [1.82, 2.24) is 9.21 Å². The molecule has 1 saturated carbocycles. The van der Waals surface area contributed by atoms with Crippen molar-refractivity contribution in [3.05, 3.63) is 29.3 Å². The van der Waals surface area contributed by atoms with E-state index in [1.807, 2.05) is 24.8 Å². The smallest absolute Gasteiger partial charge is 0.243 e. The molecule has 1 amide bonds. The zero-order valence-electron chi connectivity index (χ0n) is 15.6. The lowest BCUT2D eigenvalue weighted by molar-refractivity contribution is -0.137. The molecule has 2 unspecified atom stereocenters. The van der Waals surface area contributed by atoms with Crippen molar-refractivity contribution in [3.63, 3.8) is 0 Å². The Labute approximate surface area is 156 Å². The molecule has 2 N–H and O–H groups in total. The lowest BCUT2D eigenvalue weighted by Crippen LogP contribution is -2.52. The Morgan fingerprint density at radius 1 is 1.08 bits per heavy atom. The normalized spacial score (nSPS) is 25.3. The number of nitrogens with two attached hydrogens (primary N) is 1. The summed E-state index contributed by atoms with van der Waals surface area (Å²) in [5, 5.41) is 0. The first-order chi connectivity index (χ1) is 12.3. The third-order valence-corrected chi connectivity index (χ3v) is 7.63. The van der Waals surface area contributed by atoms with Crippen molar-refractivity contribution in [1.29, 1.82) is 0 Å². The van der Waals surface area contributed by atoms with E-state index in [1.165, 1.54) is 4.31 Å². The van der Waals surface area contributed by atoms with Gasteiger partial charge in [-0.3, -0.25) is 4.79 Å². The zero-order valence-corrected chi connectivity index (χ0v) is 16.5. The fourth-order valence-corrected chi connectivity index (χ4v) is 5.39. The Morgan fingerprint density at radius 3 is 2.38 bits per heavy atom. The van der Waals surface area contributed by atoms with Gasteiger partial charge >= 0.3 is 0 Å². The van der Waals surface area contributed by atoms with Gasteiger partial charge in [-0.25, -0.2) is 8.42 Å². The first kappa shape index (κ1) is 19.3. The minimum atomic E-state index is -3.51. The molecule has 1 saturated heterocycles. The Bertz CT molecular complexity index is 770. The predicted molar refractivity (Wildman–Crippen MR) is 101 cm³/mol. The van der Waals surface area contributed by atoms with E-state index in [4.69, 9.17) is 5.73 Å². The number of carbonyl (C=O) groups excluding carboxylic acids is 1. The van der Waals surface area contributed by atoms with Gasteiger partial charge in [0.1, 0.15) is 0 Å². The minimum absolute atomic E-state index is 0.00153. The van der Waals surface area contributed by atoms with Crippen LogP contribution in [-0.2, 0) is 14.8 Å². The van der Waals surface area contributed by atoms with Crippen LogP contribution in [0.25, 0.3) is 0 Å². The van der Waals surface area contributed by atoms with E-state index >= 15 is 0 Å². The van der Waals surface area contributed by atoms with Crippen LogP contribution in [0.15, 0.2) is 23.1 Å². The Balaban J connectivity index is 1.64. The maximum absolute atomic E-state index is 12.9. The number of hydrogen-bond acceptors (Lipinski definition) is 4. The quantitative estimate of drug-likeness (QED) is 0.866. The Morgan fingerprint density at radius 2 is 1.77 bits per heavy atom. The molecule has 1 aliphatic heterocycles. The topological polar surface area (TPSA) is 83.7 Å². The highest BCUT2D eigenvalue weighted by atomic mass is 32.2. The van der Waals surface area contributed by atoms with Crippen LogP contribution in [0.1, 0.15) is 36.8 Å². The number of carbonyl (C=O) groups is 1. The van der Waals surface area contributed by atoms with E-state index in [0.29, 0.717) is 31.1 Å². The van der Waals surface area contributed by atoms with Crippen molar-refractivity contribution >= 4 is 15.9 Å². The fourth-order valence-electron chi connectivity index (χ4n) is 3.88. The molecule has 0 bridgehead atoms. The average Bonchev–Trinajstić information content (AvgIpc) is 2.63. The second-order valence-electron chi connectivity index (χ2n) is 7.60. The summed E-state index contributed by atoms with van der Waals surface area (Å²) in [6.07, 6.45) is 3.64. The van der Waals surface area contributed by atoms with Gasteiger partial charge in [0.15, 0.2) is 0 Å². The Hall–Kier alpha value is -1.44. The molecule has 2 fully saturated rings. The largest absolute Gasteiger partial charge is 0.340 e. The van der Waals surface area contributed by atoms with Crippen LogP contribution in [0.4, 0.5) is 0 Å². The van der Waals surface area contributed by atoms with Crippen molar-refractivity contribution in [2.75, 3.05) is 26.2 Å². The molecule has 1 heterocycles. The number of rotatable bonds is 3. The fraction of sp³-hybridized carbons (Fsp3) is 0.632. The lowest BCUT2D eigenvalue weighted by Gasteiger charge is -2.37. The second-order valence-corrected chi connectivity index (χ2v) is 9.54. The molecule has 0 spiro atoms. The first-order valence-electron chi connectivity index (χ1n) is 9.41. The molecule has 144 valence electrons. The van der Waals surface area contributed by atoms with Crippen LogP contribution in [-0.4, -0.2) is 55.8 Å². The molecule has 0 radical (unpaired) electrons. The summed E-state index contributed by atoms with van der Waals surface area (Å²) >= 11 is 0. The molecular formula is C19H29N3O3S. The maximum atomic E-state index is 12.9. The predicted octanol–water partition coefficient (Wildman–Crippen LogP) is 1.65. The standard InChI is InChI=1S/C19H29N3O3S/c1-14-6-7-18(12-15(14)2)26(24,25)22-10-8-21(9-11-22)19(23)16-4-3-5-17(20)13-16/h6-7,12,16-17H,3-5,8-11,13,20H2,1-2H3. The van der Waals surface area contributed by atoms with Crippen molar-refractivity contribution in [3.8, 4) is 0 Å². The van der Waals surface area contributed by atoms with E-state index < -0.39 is 10.0 Å². The summed E-state index contributed by atoms with van der Waals surface area (Å²) in [5.41, 5.74) is 8.04. The highest BCUT2D eigenvalue weighted by Crippen LogP contribution is 2.26. The van der Waals surface area contributed by atoms with Crippen LogP contribution in [0, 0.1) is 19.8 Å². The number of aryl methyl sites for hydroxylation is 2. The third kappa shape index (κ3) is 3.94. The van der Waals surface area contributed by atoms with E-state index in [0.717, 1.165) is 36.8 Å². The van der Waals surface area contributed by atoms with Crippen LogP contribution >= 0.6 is 0 Å². The zero-order chi connectivity index (χ0) is 18.9. The molecular weight excluding hydrogens is 350 g/mol. The molecule has 1 aromatic carbocycles. The van der Waals surface area contributed by atoms with Crippen molar-refractivity contribution < 1.29 is 13.2 Å². The number of piperazine rings is 1. The maximum Gasteiger partial charge on any atom is 0.243 e. The molecule has 1 aliphatic carbocycles. The highest BCUT2D eigenvalue weighted by Gasteiger charge is 2.34. The van der Waals surface area contributed by atoms with Crippen LogP contribution in [0.3, 0.4) is 0 Å². The van der Waals surface area contributed by atoms with E-state index in [-0.39, 0.29) is 17.9 Å². The van der Waals surface area contributed by atoms with E-state index in [1.54, 1.807) is 12.1 Å². The Kier molecular flexibility index (Phi) is 5.69. The van der Waals surface area contributed by atoms with Gasteiger partial charge in [0.25, 0.3) is 0 Å². The molecule has 6 nitrogen and oxygen atoms in total. The SMILES string of the molecule is Cc1ccc(S(=O)(=O)N2CCN(C(=O)C3CCCC(N)C3)CC2)cc1C. The molecule has 2 atom stereocenters. The van der Waals surface area contributed by atoms with Crippen LogP contribution < -0.4 is 5.73 Å². The molecule has 0 aromatic heterocycles. The summed E-state index contributed by atoms with van der Waals surface area (Å²) < 4.78 is 27.2. The number of benzene rings is 1. The second kappa shape index (κ2) is 7.66. The summed E-state index contributed by atoms with van der Waals surface area (Å²) in [7, 11) is -3.51. The highest BCUT2D eigenvalue weighted by molar-refractivity contribution is 7.89. The molecule has 3 rings (SSSR count). The average molecular weight is 380 g/mol. The third-order valence-electron chi connectivity index (χ3n) is 5.73. The molecule has 1 aromatic rings. The van der Waals surface area contributed by atoms with Gasteiger partial charge in [-0.05, 0) is 56.4 Å². The van der Waals surface area contributed by atoms with E-state index in [9.17, 15) is 13.2 Å². The lowest BCUT2D eigenvalue weighted by atomic mass is 9.85. The van der Waals surface area contributed by atoms with Gasteiger partial charge in [-0.15, -0.1) is 0 Å². The van der Waals surface area contributed by atoms with Gasteiger partial charge in [0.05, 0.1) is 4.90 Å². The van der Waals surface area contributed by atoms with Crippen molar-refractivity contribution in [2.45, 2.75) is 50.5 Å². The summed E-state index contributed by atoms with van der Waals surface area (Å²) in [5.74, 6) is 0.144. The van der Waals surface area contributed by atoms with E-state index in [2.05, 4.69) is 0 Å². The number of amides is 1. The summed E-state index contributed by atoms with van der Waals surface area (Å²) in [6, 6.07) is 5.35. The minimum Gasteiger partial charge on any atom is -0.340 e. The summed E-state index contributed by atoms with van der Waals surface area (Å²) in [6.45, 7) is 5.48. The number of hydrogen-bond donors (Lipinski definition) is 1. The molecule has 2 aliphatic rings. The van der Waals surface area contributed by atoms with Gasteiger partial charge in [-0.2, -0.15) is 4.31 Å². The van der Waals surface area contributed by atoms with Gasteiger partial charge in [0.2, 0.25) is 15.9 Å².